The maximum Gasteiger partial charge on any atom is 0.138 e. The van der Waals surface area contributed by atoms with Crippen molar-refractivity contribution in [3.63, 3.8) is 0 Å². The van der Waals surface area contributed by atoms with E-state index < -0.39 is 5.60 Å². The SMILES string of the molecule is CC(C)CCOc1cnc2c(C3CC(C)(O)C3)nccc2c1. The molecule has 0 saturated heterocycles. The predicted octanol–water partition coefficient (Wildman–Crippen LogP) is 3.68. The molecule has 118 valence electrons. The van der Waals surface area contributed by atoms with Gasteiger partial charge in [-0.3, -0.25) is 9.97 Å². The fraction of sp³-hybridized carbons (Fsp3) is 0.556. The van der Waals surface area contributed by atoms with Crippen molar-refractivity contribution in [2.45, 2.75) is 51.6 Å². The first kappa shape index (κ1) is 15.2. The van der Waals surface area contributed by atoms with Crippen molar-refractivity contribution in [3.8, 4) is 5.75 Å². The van der Waals surface area contributed by atoms with E-state index in [-0.39, 0.29) is 0 Å². The molecule has 2 heterocycles. The van der Waals surface area contributed by atoms with Crippen LogP contribution in [0.4, 0.5) is 0 Å². The smallest absolute Gasteiger partial charge is 0.138 e. The van der Waals surface area contributed by atoms with Crippen molar-refractivity contribution < 1.29 is 9.84 Å². The van der Waals surface area contributed by atoms with Crippen LogP contribution in [0.3, 0.4) is 0 Å². The van der Waals surface area contributed by atoms with Gasteiger partial charge in [-0.05, 0) is 44.2 Å². The van der Waals surface area contributed by atoms with Gasteiger partial charge in [0, 0.05) is 17.5 Å². The Labute approximate surface area is 131 Å². The largest absolute Gasteiger partial charge is 0.492 e. The molecule has 0 aliphatic heterocycles. The third kappa shape index (κ3) is 3.22. The van der Waals surface area contributed by atoms with Crippen molar-refractivity contribution in [3.05, 3.63) is 30.2 Å². The van der Waals surface area contributed by atoms with Crippen LogP contribution in [0.5, 0.6) is 5.75 Å². The summed E-state index contributed by atoms with van der Waals surface area (Å²) in [5.74, 6) is 1.75. The van der Waals surface area contributed by atoms with Crippen LogP contribution in [0.1, 0.15) is 51.6 Å². The number of aromatic nitrogens is 2. The molecule has 1 N–H and O–H groups in total. The van der Waals surface area contributed by atoms with E-state index in [0.717, 1.165) is 41.6 Å². The molecule has 22 heavy (non-hydrogen) atoms. The second-order valence-electron chi connectivity index (χ2n) is 7.07. The maximum absolute atomic E-state index is 9.93. The highest BCUT2D eigenvalue weighted by atomic mass is 16.5. The predicted molar refractivity (Wildman–Crippen MR) is 87.1 cm³/mol. The molecule has 0 unspecified atom stereocenters. The fourth-order valence-corrected chi connectivity index (χ4v) is 3.05. The monoisotopic (exact) mass is 300 g/mol. The van der Waals surface area contributed by atoms with Gasteiger partial charge < -0.3 is 9.84 Å². The van der Waals surface area contributed by atoms with Gasteiger partial charge in [0.25, 0.3) is 0 Å². The Morgan fingerprint density at radius 1 is 1.36 bits per heavy atom. The van der Waals surface area contributed by atoms with Gasteiger partial charge in [0.2, 0.25) is 0 Å². The van der Waals surface area contributed by atoms with E-state index in [9.17, 15) is 5.11 Å². The second-order valence-corrected chi connectivity index (χ2v) is 7.07. The molecular formula is C18H24N2O2. The molecule has 0 atom stereocenters. The van der Waals surface area contributed by atoms with Gasteiger partial charge in [0.1, 0.15) is 5.75 Å². The molecule has 0 radical (unpaired) electrons. The van der Waals surface area contributed by atoms with Crippen molar-refractivity contribution in [2.24, 2.45) is 5.92 Å². The van der Waals surface area contributed by atoms with E-state index in [1.54, 1.807) is 6.20 Å². The fourth-order valence-electron chi connectivity index (χ4n) is 3.05. The highest BCUT2D eigenvalue weighted by molar-refractivity contribution is 5.82. The summed E-state index contributed by atoms with van der Waals surface area (Å²) in [6, 6.07) is 4.00. The topological polar surface area (TPSA) is 55.2 Å². The molecule has 1 aliphatic rings. The third-order valence-corrected chi connectivity index (χ3v) is 4.33. The lowest BCUT2D eigenvalue weighted by Gasteiger charge is -2.40. The van der Waals surface area contributed by atoms with Gasteiger partial charge in [-0.1, -0.05) is 13.8 Å². The van der Waals surface area contributed by atoms with Gasteiger partial charge in [-0.2, -0.15) is 0 Å². The van der Waals surface area contributed by atoms with Gasteiger partial charge in [0.05, 0.1) is 29.6 Å². The van der Waals surface area contributed by atoms with Crippen LogP contribution in [0.15, 0.2) is 24.5 Å². The molecule has 0 aromatic carbocycles. The van der Waals surface area contributed by atoms with E-state index >= 15 is 0 Å². The number of ether oxygens (including phenoxy) is 1. The molecule has 2 aromatic heterocycles. The summed E-state index contributed by atoms with van der Waals surface area (Å²) < 4.78 is 5.78. The van der Waals surface area contributed by atoms with E-state index in [4.69, 9.17) is 4.74 Å². The number of pyridine rings is 2. The molecule has 0 spiro atoms. The lowest BCUT2D eigenvalue weighted by atomic mass is 9.70. The van der Waals surface area contributed by atoms with Crippen LogP contribution in [0.2, 0.25) is 0 Å². The molecule has 4 nitrogen and oxygen atoms in total. The minimum absolute atomic E-state index is 0.305. The van der Waals surface area contributed by atoms with E-state index in [1.807, 2.05) is 25.3 Å². The Hall–Kier alpha value is -1.68. The molecule has 4 heteroatoms. The Bertz CT molecular complexity index is 659. The molecular weight excluding hydrogens is 276 g/mol. The van der Waals surface area contributed by atoms with Crippen LogP contribution >= 0.6 is 0 Å². The lowest BCUT2D eigenvalue weighted by molar-refractivity contribution is -0.0319. The van der Waals surface area contributed by atoms with Crippen molar-refractivity contribution in [1.29, 1.82) is 0 Å². The minimum Gasteiger partial charge on any atom is -0.492 e. The zero-order valence-electron chi connectivity index (χ0n) is 13.5. The summed E-state index contributed by atoms with van der Waals surface area (Å²) in [5.41, 5.74) is 1.38. The molecule has 0 amide bonds. The molecule has 0 bridgehead atoms. The average molecular weight is 300 g/mol. The number of aliphatic hydroxyl groups is 1. The van der Waals surface area contributed by atoms with Crippen LogP contribution < -0.4 is 4.74 Å². The van der Waals surface area contributed by atoms with Crippen molar-refractivity contribution in [2.75, 3.05) is 6.61 Å². The van der Waals surface area contributed by atoms with Crippen LogP contribution in [0.25, 0.3) is 10.9 Å². The Kier molecular flexibility index (Phi) is 4.04. The highest BCUT2D eigenvalue weighted by Gasteiger charge is 2.40. The zero-order valence-corrected chi connectivity index (χ0v) is 13.5. The molecule has 1 saturated carbocycles. The summed E-state index contributed by atoms with van der Waals surface area (Å²) in [7, 11) is 0. The normalized spacial score (nSPS) is 24.5. The number of hydrogen-bond donors (Lipinski definition) is 1. The Balaban J connectivity index is 1.79. The first-order valence-electron chi connectivity index (χ1n) is 8.04. The molecule has 1 fully saturated rings. The summed E-state index contributed by atoms with van der Waals surface area (Å²) in [5, 5.41) is 11.0. The van der Waals surface area contributed by atoms with Crippen LogP contribution in [0, 0.1) is 5.92 Å². The van der Waals surface area contributed by atoms with Crippen molar-refractivity contribution in [1.82, 2.24) is 9.97 Å². The molecule has 3 rings (SSSR count). The summed E-state index contributed by atoms with van der Waals surface area (Å²) >= 11 is 0. The highest BCUT2D eigenvalue weighted by Crippen LogP contribution is 2.45. The Morgan fingerprint density at radius 2 is 2.14 bits per heavy atom. The summed E-state index contributed by atoms with van der Waals surface area (Å²) in [6.07, 6.45) is 6.16. The standard InChI is InChI=1S/C18H24N2O2/c1-12(2)5-7-22-15-8-13-4-6-19-17(16(13)20-11-15)14-9-18(3,21)10-14/h4,6,8,11-12,14,21H,5,7,9-10H2,1-3H3. The van der Waals surface area contributed by atoms with Crippen LogP contribution in [-0.2, 0) is 0 Å². The van der Waals surface area contributed by atoms with Crippen LogP contribution in [-0.4, -0.2) is 27.3 Å². The number of hydrogen-bond acceptors (Lipinski definition) is 4. The summed E-state index contributed by atoms with van der Waals surface area (Å²) in [4.78, 5) is 9.06. The van der Waals surface area contributed by atoms with E-state index in [1.165, 1.54) is 0 Å². The number of fused-ring (bicyclic) bond motifs is 1. The lowest BCUT2D eigenvalue weighted by Crippen LogP contribution is -2.39. The first-order valence-corrected chi connectivity index (χ1v) is 8.04. The quantitative estimate of drug-likeness (QED) is 0.915. The molecule has 2 aromatic rings. The van der Waals surface area contributed by atoms with Crippen molar-refractivity contribution >= 4 is 10.9 Å². The van der Waals surface area contributed by atoms with E-state index in [2.05, 4.69) is 23.8 Å². The van der Waals surface area contributed by atoms with Gasteiger partial charge in [0.15, 0.2) is 0 Å². The maximum atomic E-state index is 9.93. The van der Waals surface area contributed by atoms with Gasteiger partial charge >= 0.3 is 0 Å². The minimum atomic E-state index is -0.547. The summed E-state index contributed by atoms with van der Waals surface area (Å²) in [6.45, 7) is 6.97. The number of nitrogens with zero attached hydrogens (tertiary/aromatic N) is 2. The van der Waals surface area contributed by atoms with Gasteiger partial charge in [-0.25, -0.2) is 0 Å². The van der Waals surface area contributed by atoms with Gasteiger partial charge in [-0.15, -0.1) is 0 Å². The van der Waals surface area contributed by atoms with E-state index in [0.29, 0.717) is 18.4 Å². The zero-order chi connectivity index (χ0) is 15.7. The number of rotatable bonds is 5. The third-order valence-electron chi connectivity index (χ3n) is 4.33. The first-order chi connectivity index (χ1) is 10.4. The second kappa shape index (κ2) is 5.84. The Morgan fingerprint density at radius 3 is 2.82 bits per heavy atom. The molecule has 1 aliphatic carbocycles. The average Bonchev–Trinajstić information content (AvgIpc) is 2.43.